The monoisotopic (exact) mass is 470 g/mol. The molecule has 0 aromatic heterocycles. The first kappa shape index (κ1) is 18.9. The Balaban J connectivity index is 1.87. The minimum Gasteiger partial charge on any atom is -0.482 e. The van der Waals surface area contributed by atoms with E-state index < -0.39 is 0 Å². The molecule has 2 N–H and O–H groups in total. The number of hydrogen-bond acceptors (Lipinski definition) is 3. The molecule has 0 aliphatic rings. The van der Waals surface area contributed by atoms with E-state index >= 15 is 0 Å². The van der Waals surface area contributed by atoms with Gasteiger partial charge in [0, 0.05) is 10.2 Å². The topological polar surface area (TPSA) is 50.4 Å². The quantitative estimate of drug-likeness (QED) is 0.633. The molecule has 126 valence electrons. The van der Waals surface area contributed by atoms with E-state index in [1.165, 1.54) is 0 Å². The van der Waals surface area contributed by atoms with Gasteiger partial charge in [0.05, 0.1) is 4.47 Å². The number of carbonyl (C=O) groups is 1. The van der Waals surface area contributed by atoms with Crippen LogP contribution in [-0.2, 0) is 4.79 Å². The van der Waals surface area contributed by atoms with Crippen LogP contribution in [0.2, 0.25) is 0 Å². The van der Waals surface area contributed by atoms with Gasteiger partial charge < -0.3 is 10.1 Å². The molecule has 0 aliphatic heterocycles. The van der Waals surface area contributed by atoms with Crippen molar-refractivity contribution in [2.24, 2.45) is 0 Å². The molecule has 0 saturated carbocycles. The van der Waals surface area contributed by atoms with Crippen LogP contribution in [0.25, 0.3) is 0 Å². The Labute approximate surface area is 163 Å². The van der Waals surface area contributed by atoms with Crippen molar-refractivity contribution in [3.63, 3.8) is 0 Å². The standard InChI is InChI=1S/C17H16Br2N2O2S/c1-10-3-5-13(6-4-10)20-17(24)21-15(22)9-23-16-11(2)7-12(18)8-14(16)19/h3-8H,9H2,1-2H3,(H2,20,21,22,24). The number of benzene rings is 2. The van der Waals surface area contributed by atoms with Crippen LogP contribution in [0.4, 0.5) is 5.69 Å². The Hall–Kier alpha value is -1.44. The summed E-state index contributed by atoms with van der Waals surface area (Å²) in [4.78, 5) is 12.0. The lowest BCUT2D eigenvalue weighted by molar-refractivity contribution is -0.121. The number of hydrogen-bond donors (Lipinski definition) is 2. The second-order valence-electron chi connectivity index (χ2n) is 5.19. The first-order valence-electron chi connectivity index (χ1n) is 7.11. The third-order valence-electron chi connectivity index (χ3n) is 3.10. The molecule has 7 heteroatoms. The van der Waals surface area contributed by atoms with Gasteiger partial charge in [-0.3, -0.25) is 10.1 Å². The lowest BCUT2D eigenvalue weighted by Gasteiger charge is -2.13. The average molecular weight is 472 g/mol. The Morgan fingerprint density at radius 1 is 1.17 bits per heavy atom. The predicted molar refractivity (Wildman–Crippen MR) is 108 cm³/mol. The van der Waals surface area contributed by atoms with Gasteiger partial charge in [0.2, 0.25) is 0 Å². The first-order valence-corrected chi connectivity index (χ1v) is 9.10. The Morgan fingerprint density at radius 2 is 1.83 bits per heavy atom. The van der Waals surface area contributed by atoms with E-state index in [1.54, 1.807) is 0 Å². The molecule has 0 fully saturated rings. The Morgan fingerprint density at radius 3 is 2.46 bits per heavy atom. The Kier molecular flexibility index (Phi) is 6.77. The van der Waals surface area contributed by atoms with E-state index in [0.29, 0.717) is 5.75 Å². The van der Waals surface area contributed by atoms with Gasteiger partial charge in [-0.2, -0.15) is 0 Å². The highest BCUT2D eigenvalue weighted by molar-refractivity contribution is 9.11. The van der Waals surface area contributed by atoms with Gasteiger partial charge >= 0.3 is 0 Å². The molecule has 0 atom stereocenters. The predicted octanol–water partition coefficient (Wildman–Crippen LogP) is 4.72. The summed E-state index contributed by atoms with van der Waals surface area (Å²) in [5, 5.41) is 5.79. The number of thiocarbonyl (C=S) groups is 1. The molecule has 2 aromatic carbocycles. The molecule has 0 saturated heterocycles. The number of carbonyl (C=O) groups excluding carboxylic acids is 1. The summed E-state index contributed by atoms with van der Waals surface area (Å²) in [6.07, 6.45) is 0. The maximum absolute atomic E-state index is 12.0. The van der Waals surface area contributed by atoms with Crippen LogP contribution >= 0.6 is 44.1 Å². The average Bonchev–Trinajstić information content (AvgIpc) is 2.48. The van der Waals surface area contributed by atoms with E-state index in [9.17, 15) is 4.79 Å². The number of amides is 1. The van der Waals surface area contributed by atoms with Crippen molar-refractivity contribution in [3.8, 4) is 5.75 Å². The zero-order valence-corrected chi connectivity index (χ0v) is 17.1. The zero-order valence-electron chi connectivity index (χ0n) is 13.2. The molecule has 2 aromatic rings. The van der Waals surface area contributed by atoms with Crippen LogP contribution in [0, 0.1) is 13.8 Å². The van der Waals surface area contributed by atoms with Crippen LogP contribution < -0.4 is 15.4 Å². The summed E-state index contributed by atoms with van der Waals surface area (Å²) in [5.74, 6) is 0.305. The highest BCUT2D eigenvalue weighted by Crippen LogP contribution is 2.32. The molecule has 0 unspecified atom stereocenters. The summed E-state index contributed by atoms with van der Waals surface area (Å²) in [6.45, 7) is 3.78. The summed E-state index contributed by atoms with van der Waals surface area (Å²) >= 11 is 12.0. The third-order valence-corrected chi connectivity index (χ3v) is 4.36. The van der Waals surface area contributed by atoms with Crippen molar-refractivity contribution in [2.75, 3.05) is 11.9 Å². The number of halogens is 2. The van der Waals surface area contributed by atoms with Crippen LogP contribution in [0.5, 0.6) is 5.75 Å². The van der Waals surface area contributed by atoms with Crippen LogP contribution in [-0.4, -0.2) is 17.6 Å². The van der Waals surface area contributed by atoms with Crippen LogP contribution in [0.3, 0.4) is 0 Å². The smallest absolute Gasteiger partial charge is 0.264 e. The fourth-order valence-corrected chi connectivity index (χ4v) is 3.76. The summed E-state index contributed by atoms with van der Waals surface area (Å²) < 4.78 is 7.30. The van der Waals surface area contributed by atoms with E-state index in [1.807, 2.05) is 50.2 Å². The number of anilines is 1. The molecule has 1 amide bonds. The Bertz CT molecular complexity index is 741. The molecule has 4 nitrogen and oxygen atoms in total. The molecule has 0 spiro atoms. The molecule has 2 rings (SSSR count). The second kappa shape index (κ2) is 8.60. The lowest BCUT2D eigenvalue weighted by Crippen LogP contribution is -2.37. The molecular weight excluding hydrogens is 456 g/mol. The van der Waals surface area contributed by atoms with Crippen molar-refractivity contribution < 1.29 is 9.53 Å². The van der Waals surface area contributed by atoms with E-state index in [0.717, 1.165) is 25.8 Å². The molecule has 24 heavy (non-hydrogen) atoms. The van der Waals surface area contributed by atoms with Gasteiger partial charge in [-0.25, -0.2) is 0 Å². The van der Waals surface area contributed by atoms with Gasteiger partial charge in [-0.15, -0.1) is 0 Å². The number of rotatable bonds is 4. The van der Waals surface area contributed by atoms with E-state index in [4.69, 9.17) is 17.0 Å². The fraction of sp³-hybridized carbons (Fsp3) is 0.176. The normalized spacial score (nSPS) is 10.2. The first-order chi connectivity index (χ1) is 11.3. The second-order valence-corrected chi connectivity index (χ2v) is 7.37. The molecule has 0 heterocycles. The minimum atomic E-state index is -0.325. The largest absolute Gasteiger partial charge is 0.482 e. The summed E-state index contributed by atoms with van der Waals surface area (Å²) in [5.41, 5.74) is 2.89. The minimum absolute atomic E-state index is 0.128. The maximum atomic E-state index is 12.0. The van der Waals surface area contributed by atoms with Gasteiger partial charge in [0.1, 0.15) is 5.75 Å². The molecule has 0 aliphatic carbocycles. The van der Waals surface area contributed by atoms with Gasteiger partial charge in [-0.1, -0.05) is 33.6 Å². The highest BCUT2D eigenvalue weighted by Gasteiger charge is 2.11. The number of ether oxygens (including phenoxy) is 1. The van der Waals surface area contributed by atoms with Gasteiger partial charge in [0.15, 0.2) is 11.7 Å². The van der Waals surface area contributed by atoms with Crippen molar-refractivity contribution in [2.45, 2.75) is 13.8 Å². The number of aryl methyl sites for hydroxylation is 2. The SMILES string of the molecule is Cc1ccc(NC(=S)NC(=O)COc2c(C)cc(Br)cc2Br)cc1. The van der Waals surface area contributed by atoms with Crippen LogP contribution in [0.1, 0.15) is 11.1 Å². The van der Waals surface area contributed by atoms with Crippen molar-refractivity contribution in [1.29, 1.82) is 0 Å². The van der Waals surface area contributed by atoms with Gasteiger partial charge in [0.25, 0.3) is 5.91 Å². The summed E-state index contributed by atoms with van der Waals surface area (Å²) in [7, 11) is 0. The molecule has 0 radical (unpaired) electrons. The molecular formula is C17H16Br2N2O2S. The third kappa shape index (κ3) is 5.58. The van der Waals surface area contributed by atoms with Crippen molar-refractivity contribution in [1.82, 2.24) is 5.32 Å². The summed E-state index contributed by atoms with van der Waals surface area (Å²) in [6, 6.07) is 11.5. The highest BCUT2D eigenvalue weighted by atomic mass is 79.9. The lowest BCUT2D eigenvalue weighted by atomic mass is 10.2. The number of nitrogens with one attached hydrogen (secondary N) is 2. The van der Waals surface area contributed by atoms with E-state index in [-0.39, 0.29) is 17.6 Å². The van der Waals surface area contributed by atoms with Crippen LogP contribution in [0.15, 0.2) is 45.3 Å². The van der Waals surface area contributed by atoms with E-state index in [2.05, 4.69) is 42.5 Å². The molecule has 0 bridgehead atoms. The zero-order chi connectivity index (χ0) is 17.7. The van der Waals surface area contributed by atoms with Crippen molar-refractivity contribution in [3.05, 3.63) is 56.5 Å². The van der Waals surface area contributed by atoms with Gasteiger partial charge in [-0.05, 0) is 71.8 Å². The fourth-order valence-electron chi connectivity index (χ4n) is 1.97. The maximum Gasteiger partial charge on any atom is 0.264 e. The van der Waals surface area contributed by atoms with Crippen molar-refractivity contribution >= 4 is 60.8 Å².